The summed E-state index contributed by atoms with van der Waals surface area (Å²) in [5.74, 6) is -4.49. The van der Waals surface area contributed by atoms with Crippen molar-refractivity contribution in [1.82, 2.24) is 0 Å². The predicted octanol–water partition coefficient (Wildman–Crippen LogP) is -2.28. The molecule has 0 aliphatic heterocycles. The maximum absolute atomic E-state index is 10.5. The summed E-state index contributed by atoms with van der Waals surface area (Å²) in [5, 5.41) is 48.6. The SMILES string of the molecule is CC(O)C(=O)O.CC(O)C(=O)O.CC(O)C(=O)OC(=O)C(C)O. The molecule has 11 nitrogen and oxygen atoms in total. The molecule has 11 heteroatoms. The van der Waals surface area contributed by atoms with Crippen LogP contribution in [0.4, 0.5) is 0 Å². The van der Waals surface area contributed by atoms with Gasteiger partial charge in [0.15, 0.2) is 0 Å². The number of aliphatic hydroxyl groups excluding tert-OH is 4. The highest BCUT2D eigenvalue weighted by atomic mass is 16.6. The lowest BCUT2D eigenvalue weighted by Crippen LogP contribution is -2.28. The number of carbonyl (C=O) groups is 4. The summed E-state index contributed by atoms with van der Waals surface area (Å²) >= 11 is 0. The lowest BCUT2D eigenvalue weighted by Gasteiger charge is -2.05. The number of aliphatic carboxylic acids is 2. The van der Waals surface area contributed by atoms with Crippen LogP contribution in [0, 0.1) is 0 Å². The van der Waals surface area contributed by atoms with Crippen molar-refractivity contribution in [1.29, 1.82) is 0 Å². The van der Waals surface area contributed by atoms with Crippen LogP contribution < -0.4 is 0 Å². The van der Waals surface area contributed by atoms with Gasteiger partial charge in [-0.15, -0.1) is 0 Å². The fourth-order valence-electron chi connectivity index (χ4n) is 0.270. The topological polar surface area (TPSA) is 199 Å². The number of ether oxygens (including phenoxy) is 1. The van der Waals surface area contributed by atoms with E-state index in [1.807, 2.05) is 0 Å². The molecule has 0 radical (unpaired) electrons. The lowest BCUT2D eigenvalue weighted by atomic mass is 10.4. The van der Waals surface area contributed by atoms with Gasteiger partial charge in [0.25, 0.3) is 0 Å². The molecule has 0 saturated carbocycles. The van der Waals surface area contributed by atoms with E-state index in [1.54, 1.807) is 0 Å². The van der Waals surface area contributed by atoms with Gasteiger partial charge in [-0.2, -0.15) is 0 Å². The van der Waals surface area contributed by atoms with Gasteiger partial charge in [-0.05, 0) is 27.7 Å². The fraction of sp³-hybridized carbons (Fsp3) is 0.667. The van der Waals surface area contributed by atoms with Crippen LogP contribution in [0.5, 0.6) is 0 Å². The Morgan fingerprint density at radius 2 is 0.783 bits per heavy atom. The molecule has 4 atom stereocenters. The standard InChI is InChI=1S/C6H10O5.2C3H6O3/c1-3(7)5(9)11-6(10)4(2)8;2*1-2(4)3(5)6/h3-4,7-8H,1-2H3;2*2,4H,1H3,(H,5,6). The van der Waals surface area contributed by atoms with Gasteiger partial charge in [0.05, 0.1) is 0 Å². The second-order valence-corrected chi connectivity index (χ2v) is 4.12. The second-order valence-electron chi connectivity index (χ2n) is 4.12. The van der Waals surface area contributed by atoms with Crippen LogP contribution in [0.3, 0.4) is 0 Å². The van der Waals surface area contributed by atoms with Crippen molar-refractivity contribution in [3.63, 3.8) is 0 Å². The molecule has 6 N–H and O–H groups in total. The summed E-state index contributed by atoms with van der Waals surface area (Å²) in [4.78, 5) is 39.8. The lowest BCUT2D eigenvalue weighted by molar-refractivity contribution is -0.170. The molecule has 0 aliphatic carbocycles. The first-order valence-corrected chi connectivity index (χ1v) is 6.17. The normalized spacial score (nSPS) is 14.4. The average molecular weight is 342 g/mol. The zero-order valence-corrected chi connectivity index (χ0v) is 13.0. The number of hydrogen-bond acceptors (Lipinski definition) is 9. The smallest absolute Gasteiger partial charge is 0.342 e. The quantitative estimate of drug-likeness (QED) is 0.237. The molecule has 0 bridgehead atoms. The number of aliphatic hydroxyl groups is 4. The van der Waals surface area contributed by atoms with Gasteiger partial charge >= 0.3 is 23.9 Å². The molecule has 0 fully saturated rings. The molecule has 0 aliphatic rings. The van der Waals surface area contributed by atoms with Crippen LogP contribution in [-0.2, 0) is 23.9 Å². The second kappa shape index (κ2) is 13.6. The van der Waals surface area contributed by atoms with Crippen molar-refractivity contribution >= 4 is 23.9 Å². The number of rotatable bonds is 4. The third kappa shape index (κ3) is 19.9. The number of carbonyl (C=O) groups excluding carboxylic acids is 2. The highest BCUT2D eigenvalue weighted by Crippen LogP contribution is 1.91. The van der Waals surface area contributed by atoms with E-state index in [0.717, 1.165) is 13.8 Å². The fourth-order valence-corrected chi connectivity index (χ4v) is 0.270. The van der Waals surface area contributed by atoms with E-state index >= 15 is 0 Å². The number of carboxylic acids is 2. The molecule has 0 saturated heterocycles. The molecule has 0 amide bonds. The van der Waals surface area contributed by atoms with Crippen LogP contribution in [0.25, 0.3) is 0 Å². The summed E-state index contributed by atoms with van der Waals surface area (Å²) in [6, 6.07) is 0. The van der Waals surface area contributed by atoms with Crippen molar-refractivity contribution in [2.24, 2.45) is 0 Å². The summed E-state index contributed by atoms with van der Waals surface area (Å²) < 4.78 is 4.00. The van der Waals surface area contributed by atoms with Gasteiger partial charge in [0, 0.05) is 0 Å². The summed E-state index contributed by atoms with van der Waals surface area (Å²) in [6.07, 6.45) is -5.16. The van der Waals surface area contributed by atoms with Gasteiger partial charge < -0.3 is 35.4 Å². The van der Waals surface area contributed by atoms with Crippen molar-refractivity contribution in [2.75, 3.05) is 0 Å². The first-order chi connectivity index (χ1) is 10.2. The molecule has 0 aromatic carbocycles. The van der Waals surface area contributed by atoms with E-state index in [-0.39, 0.29) is 0 Å². The summed E-state index contributed by atoms with van der Waals surface area (Å²) in [7, 11) is 0. The largest absolute Gasteiger partial charge is 0.479 e. The van der Waals surface area contributed by atoms with Crippen LogP contribution in [-0.4, -0.2) is 78.9 Å². The third-order valence-electron chi connectivity index (χ3n) is 1.60. The van der Waals surface area contributed by atoms with Gasteiger partial charge in [0.2, 0.25) is 0 Å². The maximum Gasteiger partial charge on any atom is 0.342 e. The first-order valence-electron chi connectivity index (χ1n) is 6.17. The summed E-state index contributed by atoms with van der Waals surface area (Å²) in [5.41, 5.74) is 0. The zero-order valence-electron chi connectivity index (χ0n) is 13.0. The Morgan fingerprint density at radius 1 is 0.609 bits per heavy atom. The number of carboxylic acid groups (broad SMARTS) is 2. The molecular formula is C12H22O11. The minimum absolute atomic E-state index is 1.06. The van der Waals surface area contributed by atoms with Crippen molar-refractivity contribution in [3.05, 3.63) is 0 Å². The highest BCUT2D eigenvalue weighted by molar-refractivity contribution is 5.89. The third-order valence-corrected chi connectivity index (χ3v) is 1.60. The molecule has 136 valence electrons. The maximum atomic E-state index is 10.5. The van der Waals surface area contributed by atoms with Crippen LogP contribution in [0.1, 0.15) is 27.7 Å². The average Bonchev–Trinajstić information content (AvgIpc) is 2.39. The Labute approximate surface area is 131 Å². The van der Waals surface area contributed by atoms with Gasteiger partial charge in [-0.25, -0.2) is 19.2 Å². The Kier molecular flexibility index (Phi) is 15.3. The zero-order chi connectivity index (χ0) is 19.3. The van der Waals surface area contributed by atoms with Crippen molar-refractivity contribution < 1.29 is 54.6 Å². The molecule has 0 aromatic heterocycles. The van der Waals surface area contributed by atoms with E-state index in [2.05, 4.69) is 4.74 Å². The predicted molar refractivity (Wildman–Crippen MR) is 73.1 cm³/mol. The van der Waals surface area contributed by atoms with E-state index < -0.39 is 48.3 Å². The van der Waals surface area contributed by atoms with Gasteiger partial charge in [-0.1, -0.05) is 0 Å². The molecule has 4 unspecified atom stereocenters. The molecular weight excluding hydrogens is 320 g/mol. The van der Waals surface area contributed by atoms with Crippen molar-refractivity contribution in [2.45, 2.75) is 52.1 Å². The Morgan fingerprint density at radius 3 is 0.870 bits per heavy atom. The molecule has 0 spiro atoms. The van der Waals surface area contributed by atoms with E-state index in [0.29, 0.717) is 0 Å². The Bertz CT molecular complexity index is 348. The van der Waals surface area contributed by atoms with Gasteiger partial charge in [-0.3, -0.25) is 0 Å². The first kappa shape index (κ1) is 25.9. The van der Waals surface area contributed by atoms with Crippen LogP contribution in [0.2, 0.25) is 0 Å². The minimum atomic E-state index is -1.35. The van der Waals surface area contributed by atoms with E-state index in [4.69, 9.17) is 30.6 Å². The molecule has 0 rings (SSSR count). The molecule has 0 heterocycles. The van der Waals surface area contributed by atoms with E-state index in [9.17, 15) is 19.2 Å². The van der Waals surface area contributed by atoms with E-state index in [1.165, 1.54) is 13.8 Å². The molecule has 23 heavy (non-hydrogen) atoms. The minimum Gasteiger partial charge on any atom is -0.479 e. The van der Waals surface area contributed by atoms with Crippen LogP contribution >= 0.6 is 0 Å². The van der Waals surface area contributed by atoms with Gasteiger partial charge in [0.1, 0.15) is 24.4 Å². The molecule has 0 aromatic rings. The monoisotopic (exact) mass is 342 g/mol. The summed E-state index contributed by atoms with van der Waals surface area (Å²) in [6.45, 7) is 4.72. The van der Waals surface area contributed by atoms with Crippen molar-refractivity contribution in [3.8, 4) is 0 Å². The Hall–Kier alpha value is -2.08. The number of esters is 2. The Balaban J connectivity index is -0.000000284. The van der Waals surface area contributed by atoms with Crippen LogP contribution in [0.15, 0.2) is 0 Å². The number of hydrogen-bond donors (Lipinski definition) is 6. The highest BCUT2D eigenvalue weighted by Gasteiger charge is 2.18.